The molecular weight excluding hydrogens is 777 g/mol. The van der Waals surface area contributed by atoms with Crippen molar-refractivity contribution in [3.63, 3.8) is 0 Å². The van der Waals surface area contributed by atoms with Gasteiger partial charge in [0.05, 0.1) is 17.2 Å². The molecular formula is C61H40N2O. The average Bonchev–Trinajstić information content (AvgIpc) is 3.53. The van der Waals surface area contributed by atoms with Gasteiger partial charge in [0.2, 0.25) is 0 Å². The molecule has 2 aliphatic heterocycles. The van der Waals surface area contributed by atoms with Crippen LogP contribution in [0.15, 0.2) is 234 Å². The molecule has 0 bridgehead atoms. The van der Waals surface area contributed by atoms with Gasteiger partial charge in [-0.2, -0.15) is 0 Å². The number of ether oxygens (including phenoxy) is 1. The zero-order chi connectivity index (χ0) is 42.4. The molecule has 0 N–H and O–H groups in total. The molecule has 3 nitrogen and oxygen atoms in total. The molecule has 0 saturated carbocycles. The van der Waals surface area contributed by atoms with Crippen molar-refractivity contribution in [3.05, 3.63) is 263 Å². The summed E-state index contributed by atoms with van der Waals surface area (Å²) in [5.41, 5.74) is 14.1. The van der Waals surface area contributed by atoms with Crippen molar-refractivity contribution < 1.29 is 4.74 Å². The molecule has 1 unspecified atom stereocenters. The maximum Gasteiger partial charge on any atom is 0.155 e. The fourth-order valence-electron chi connectivity index (χ4n) is 11.0. The van der Waals surface area contributed by atoms with Crippen LogP contribution in [0.25, 0.3) is 54.6 Å². The molecule has 3 aliphatic rings. The van der Waals surface area contributed by atoms with Crippen LogP contribution >= 0.6 is 0 Å². The molecule has 1 spiro atoms. The predicted molar refractivity (Wildman–Crippen MR) is 264 cm³/mol. The SMILES string of the molecule is C=C1CC(c2ccc3c4ccccc4c4ccccc4c3c2)=NC(c2ccccc2)=NC1c1ccc(-c2cccc3c2Oc2ccccc2C32c3ccccc3-c3ccccc32)cc1. The minimum Gasteiger partial charge on any atom is -0.456 e. The summed E-state index contributed by atoms with van der Waals surface area (Å²) in [4.78, 5) is 10.8. The van der Waals surface area contributed by atoms with Crippen molar-refractivity contribution in [2.24, 2.45) is 9.98 Å². The molecule has 10 aromatic rings. The number of hydrogen-bond donors (Lipinski definition) is 0. The van der Waals surface area contributed by atoms with Gasteiger partial charge < -0.3 is 4.74 Å². The van der Waals surface area contributed by atoms with Crippen LogP contribution in [0.1, 0.15) is 51.4 Å². The van der Waals surface area contributed by atoms with Crippen LogP contribution in [-0.4, -0.2) is 11.5 Å². The Labute approximate surface area is 372 Å². The van der Waals surface area contributed by atoms with E-state index in [1.54, 1.807) is 0 Å². The highest BCUT2D eigenvalue weighted by Crippen LogP contribution is 2.63. The highest BCUT2D eigenvalue weighted by Gasteiger charge is 2.51. The van der Waals surface area contributed by atoms with E-state index in [4.69, 9.17) is 21.3 Å². The van der Waals surface area contributed by atoms with E-state index >= 15 is 0 Å². The third kappa shape index (κ3) is 5.34. The van der Waals surface area contributed by atoms with Gasteiger partial charge in [0.25, 0.3) is 0 Å². The smallest absolute Gasteiger partial charge is 0.155 e. The number of para-hydroxylation sites is 2. The van der Waals surface area contributed by atoms with Gasteiger partial charge in [0.15, 0.2) is 5.84 Å². The van der Waals surface area contributed by atoms with E-state index in [1.807, 2.05) is 6.07 Å². The highest BCUT2D eigenvalue weighted by atomic mass is 16.5. The summed E-state index contributed by atoms with van der Waals surface area (Å²) in [6.07, 6.45) is 0.591. The van der Waals surface area contributed by atoms with Crippen molar-refractivity contribution in [2.75, 3.05) is 0 Å². The predicted octanol–water partition coefficient (Wildman–Crippen LogP) is 15.2. The minimum atomic E-state index is -0.516. The zero-order valence-corrected chi connectivity index (χ0v) is 35.0. The first kappa shape index (κ1) is 36.5. The van der Waals surface area contributed by atoms with Crippen molar-refractivity contribution >= 4 is 43.9 Å². The van der Waals surface area contributed by atoms with Gasteiger partial charge in [-0.25, -0.2) is 4.99 Å². The highest BCUT2D eigenvalue weighted by molar-refractivity contribution is 6.26. The Morgan fingerprint density at radius 3 is 1.66 bits per heavy atom. The summed E-state index contributed by atoms with van der Waals surface area (Å²) in [5.74, 6) is 2.48. The van der Waals surface area contributed by atoms with Crippen LogP contribution in [0.3, 0.4) is 0 Å². The molecule has 3 heteroatoms. The largest absolute Gasteiger partial charge is 0.456 e. The molecule has 2 heterocycles. The second-order valence-corrected chi connectivity index (χ2v) is 17.2. The topological polar surface area (TPSA) is 34.0 Å². The maximum absolute atomic E-state index is 7.00. The molecule has 300 valence electrons. The van der Waals surface area contributed by atoms with Gasteiger partial charge in [0, 0.05) is 28.7 Å². The lowest BCUT2D eigenvalue weighted by Gasteiger charge is -2.40. The average molecular weight is 817 g/mol. The second-order valence-electron chi connectivity index (χ2n) is 17.2. The summed E-state index contributed by atoms with van der Waals surface area (Å²) in [7, 11) is 0. The van der Waals surface area contributed by atoms with Crippen LogP contribution in [0, 0.1) is 0 Å². The first-order valence-electron chi connectivity index (χ1n) is 22.1. The van der Waals surface area contributed by atoms with Crippen LogP contribution in [-0.2, 0) is 5.41 Å². The number of amidine groups is 1. The quantitative estimate of drug-likeness (QED) is 0.129. The molecule has 0 saturated heterocycles. The van der Waals surface area contributed by atoms with Gasteiger partial charge in [-0.05, 0) is 89.0 Å². The lowest BCUT2D eigenvalue weighted by Crippen LogP contribution is -2.32. The number of aliphatic imine (C=N–C) groups is 2. The van der Waals surface area contributed by atoms with Crippen LogP contribution in [0.5, 0.6) is 11.5 Å². The minimum absolute atomic E-state index is 0.293. The van der Waals surface area contributed by atoms with Crippen molar-refractivity contribution in [1.82, 2.24) is 0 Å². The second kappa shape index (κ2) is 14.2. The van der Waals surface area contributed by atoms with Gasteiger partial charge in [0.1, 0.15) is 11.5 Å². The summed E-state index contributed by atoms with van der Waals surface area (Å²) in [6.45, 7) is 4.72. The number of hydrogen-bond acceptors (Lipinski definition) is 3. The summed E-state index contributed by atoms with van der Waals surface area (Å²) >= 11 is 0. The summed E-state index contributed by atoms with van der Waals surface area (Å²) < 4.78 is 7.00. The summed E-state index contributed by atoms with van der Waals surface area (Å²) in [6, 6.07) is 76.1. The van der Waals surface area contributed by atoms with Gasteiger partial charge >= 0.3 is 0 Å². The molecule has 1 atom stereocenters. The molecule has 0 amide bonds. The van der Waals surface area contributed by atoms with E-state index in [2.05, 4.69) is 206 Å². The lowest BCUT2D eigenvalue weighted by molar-refractivity contribution is 0.438. The molecule has 13 rings (SSSR count). The van der Waals surface area contributed by atoms with E-state index in [1.165, 1.54) is 60.1 Å². The third-order valence-electron chi connectivity index (χ3n) is 13.8. The fourth-order valence-corrected chi connectivity index (χ4v) is 11.0. The van der Waals surface area contributed by atoms with Gasteiger partial charge in [-0.3, -0.25) is 4.99 Å². The lowest BCUT2D eigenvalue weighted by atomic mass is 9.65. The Kier molecular flexibility index (Phi) is 8.10. The maximum atomic E-state index is 7.00. The van der Waals surface area contributed by atoms with Crippen molar-refractivity contribution in [1.29, 1.82) is 0 Å². The molecule has 0 aromatic heterocycles. The van der Waals surface area contributed by atoms with Gasteiger partial charge in [-0.1, -0.05) is 207 Å². The van der Waals surface area contributed by atoms with Crippen LogP contribution in [0.4, 0.5) is 0 Å². The van der Waals surface area contributed by atoms with E-state index < -0.39 is 5.41 Å². The monoisotopic (exact) mass is 816 g/mol. The van der Waals surface area contributed by atoms with E-state index in [9.17, 15) is 0 Å². The standard InChI is InChI=1S/C61H40N2O/c1-38-36-56(42-34-35-48-46-20-6-5-18-44(46)45-19-7-8-21-47(45)51(48)37-42)62-60(41-16-3-2-4-17-41)63-58(38)40-32-30-39(31-33-40)43-24-15-28-55-59(43)64-57-29-14-13-27-54(57)61(55)52-25-11-9-22-49(52)50-23-10-12-26-53(50)61/h2-35,37,58H,1,36H2. The van der Waals surface area contributed by atoms with Gasteiger partial charge in [-0.15, -0.1) is 0 Å². The Morgan fingerprint density at radius 1 is 0.438 bits per heavy atom. The first-order valence-corrected chi connectivity index (χ1v) is 22.1. The van der Waals surface area contributed by atoms with E-state index in [0.717, 1.165) is 56.2 Å². The molecule has 64 heavy (non-hydrogen) atoms. The third-order valence-corrected chi connectivity index (χ3v) is 13.8. The number of nitrogens with zero attached hydrogens (tertiary/aromatic N) is 2. The van der Waals surface area contributed by atoms with Crippen molar-refractivity contribution in [2.45, 2.75) is 17.9 Å². The zero-order valence-electron chi connectivity index (χ0n) is 35.0. The Bertz CT molecular complexity index is 3550. The fraction of sp³-hybridized carbons (Fsp3) is 0.0492. The van der Waals surface area contributed by atoms with Crippen LogP contribution < -0.4 is 4.74 Å². The molecule has 0 radical (unpaired) electrons. The summed E-state index contributed by atoms with van der Waals surface area (Å²) in [5, 5.41) is 7.48. The normalized spacial score (nSPS) is 15.8. The van der Waals surface area contributed by atoms with Crippen molar-refractivity contribution in [3.8, 4) is 33.8 Å². The van der Waals surface area contributed by atoms with Crippen LogP contribution in [0.2, 0.25) is 0 Å². The Balaban J connectivity index is 0.903. The number of rotatable bonds is 4. The number of fused-ring (bicyclic) bond motifs is 15. The Hall–Kier alpha value is -8.14. The first-order chi connectivity index (χ1) is 31.6. The Morgan fingerprint density at radius 2 is 0.969 bits per heavy atom. The molecule has 0 fully saturated rings. The molecule has 1 aliphatic carbocycles. The van der Waals surface area contributed by atoms with E-state index in [-0.39, 0.29) is 6.04 Å². The number of benzene rings is 10. The van der Waals surface area contributed by atoms with E-state index in [0.29, 0.717) is 12.3 Å². The molecule has 10 aromatic carbocycles.